The molecule has 0 radical (unpaired) electrons. The van der Waals surface area contributed by atoms with Gasteiger partial charge >= 0.3 is 0 Å². The average Bonchev–Trinajstić information content (AvgIpc) is 2.70. The van der Waals surface area contributed by atoms with Crippen molar-refractivity contribution in [1.29, 1.82) is 0 Å². The second-order valence-electron chi connectivity index (χ2n) is 6.45. The lowest BCUT2D eigenvalue weighted by Crippen LogP contribution is -2.46. The Kier molecular flexibility index (Phi) is 6.41. The summed E-state index contributed by atoms with van der Waals surface area (Å²) in [5.41, 5.74) is 3.13. The zero-order valence-corrected chi connectivity index (χ0v) is 15.5. The number of para-hydroxylation sites is 1. The van der Waals surface area contributed by atoms with Crippen molar-refractivity contribution in [1.82, 2.24) is 10.6 Å². The SMILES string of the molecule is CCNC(=NCc1ccc(F)cc1)NCC(=O)N1CCCc2ccccc21. The van der Waals surface area contributed by atoms with Crippen LogP contribution in [0.15, 0.2) is 53.5 Å². The summed E-state index contributed by atoms with van der Waals surface area (Å²) in [7, 11) is 0. The van der Waals surface area contributed by atoms with Crippen LogP contribution in [0.1, 0.15) is 24.5 Å². The molecule has 1 aliphatic rings. The van der Waals surface area contributed by atoms with Gasteiger partial charge in [0.15, 0.2) is 5.96 Å². The van der Waals surface area contributed by atoms with Gasteiger partial charge in [-0.15, -0.1) is 0 Å². The van der Waals surface area contributed by atoms with E-state index in [1.165, 1.54) is 17.7 Å². The van der Waals surface area contributed by atoms with Crippen molar-refractivity contribution >= 4 is 17.6 Å². The second-order valence-corrected chi connectivity index (χ2v) is 6.45. The number of aryl methyl sites for hydroxylation is 1. The molecule has 6 heteroatoms. The van der Waals surface area contributed by atoms with Crippen LogP contribution >= 0.6 is 0 Å². The molecule has 5 nitrogen and oxygen atoms in total. The van der Waals surface area contributed by atoms with Crippen molar-refractivity contribution in [2.45, 2.75) is 26.3 Å². The number of carbonyl (C=O) groups excluding carboxylic acids is 1. The van der Waals surface area contributed by atoms with E-state index in [1.54, 1.807) is 12.1 Å². The Labute approximate surface area is 159 Å². The number of hydrogen-bond donors (Lipinski definition) is 2. The Hall–Kier alpha value is -2.89. The lowest BCUT2D eigenvalue weighted by molar-refractivity contribution is -0.117. The molecule has 1 amide bonds. The molecule has 0 saturated carbocycles. The summed E-state index contributed by atoms with van der Waals surface area (Å²) in [5.74, 6) is 0.329. The van der Waals surface area contributed by atoms with E-state index in [4.69, 9.17) is 0 Å². The lowest BCUT2D eigenvalue weighted by atomic mass is 10.0. The Morgan fingerprint density at radius 2 is 1.93 bits per heavy atom. The predicted molar refractivity (Wildman–Crippen MR) is 106 cm³/mol. The Balaban J connectivity index is 1.61. The van der Waals surface area contributed by atoms with Crippen LogP contribution in [-0.2, 0) is 17.8 Å². The van der Waals surface area contributed by atoms with Gasteiger partial charge in [0.25, 0.3) is 0 Å². The number of amides is 1. The Morgan fingerprint density at radius 3 is 2.70 bits per heavy atom. The van der Waals surface area contributed by atoms with Crippen molar-refractivity contribution < 1.29 is 9.18 Å². The summed E-state index contributed by atoms with van der Waals surface area (Å²) in [5, 5.41) is 6.24. The summed E-state index contributed by atoms with van der Waals surface area (Å²) in [6.45, 7) is 3.98. The first-order valence-corrected chi connectivity index (χ1v) is 9.32. The van der Waals surface area contributed by atoms with Gasteiger partial charge in [0.2, 0.25) is 5.91 Å². The van der Waals surface area contributed by atoms with Crippen molar-refractivity contribution in [3.8, 4) is 0 Å². The number of anilines is 1. The minimum absolute atomic E-state index is 0.0227. The minimum Gasteiger partial charge on any atom is -0.357 e. The highest BCUT2D eigenvalue weighted by atomic mass is 19.1. The van der Waals surface area contributed by atoms with Gasteiger partial charge in [0, 0.05) is 18.8 Å². The first-order valence-electron chi connectivity index (χ1n) is 9.32. The fourth-order valence-corrected chi connectivity index (χ4v) is 3.15. The molecule has 2 N–H and O–H groups in total. The van der Waals surface area contributed by atoms with E-state index in [-0.39, 0.29) is 18.3 Å². The maximum Gasteiger partial charge on any atom is 0.246 e. The van der Waals surface area contributed by atoms with E-state index in [1.807, 2.05) is 30.0 Å². The molecule has 1 aliphatic heterocycles. The topological polar surface area (TPSA) is 56.7 Å². The van der Waals surface area contributed by atoms with Crippen LogP contribution in [0.5, 0.6) is 0 Å². The molecular weight excluding hydrogens is 343 g/mol. The van der Waals surface area contributed by atoms with Crippen LogP contribution in [0.2, 0.25) is 0 Å². The molecular formula is C21H25FN4O. The van der Waals surface area contributed by atoms with Crippen LogP contribution in [-0.4, -0.2) is 31.5 Å². The van der Waals surface area contributed by atoms with E-state index < -0.39 is 0 Å². The number of nitrogens with one attached hydrogen (secondary N) is 2. The van der Waals surface area contributed by atoms with Crippen LogP contribution in [0, 0.1) is 5.82 Å². The van der Waals surface area contributed by atoms with Gasteiger partial charge in [-0.1, -0.05) is 30.3 Å². The highest BCUT2D eigenvalue weighted by molar-refractivity contribution is 5.98. The molecule has 0 aromatic heterocycles. The molecule has 0 fully saturated rings. The maximum absolute atomic E-state index is 13.0. The number of aliphatic imine (C=N–C) groups is 1. The van der Waals surface area contributed by atoms with E-state index in [2.05, 4.69) is 21.7 Å². The summed E-state index contributed by atoms with van der Waals surface area (Å²) in [4.78, 5) is 19.0. The summed E-state index contributed by atoms with van der Waals surface area (Å²) in [6, 6.07) is 14.3. The Morgan fingerprint density at radius 1 is 1.15 bits per heavy atom. The molecule has 0 spiro atoms. The minimum atomic E-state index is -0.264. The average molecular weight is 368 g/mol. The van der Waals surface area contributed by atoms with E-state index >= 15 is 0 Å². The zero-order valence-electron chi connectivity index (χ0n) is 15.5. The van der Waals surface area contributed by atoms with E-state index in [0.717, 1.165) is 30.6 Å². The molecule has 3 rings (SSSR count). The van der Waals surface area contributed by atoms with Gasteiger partial charge in [-0.3, -0.25) is 4.79 Å². The van der Waals surface area contributed by atoms with Crippen LogP contribution in [0.25, 0.3) is 0 Å². The number of nitrogens with zero attached hydrogens (tertiary/aromatic N) is 2. The van der Waals surface area contributed by atoms with Gasteiger partial charge < -0.3 is 15.5 Å². The molecule has 0 unspecified atom stereocenters. The fraction of sp³-hybridized carbons (Fsp3) is 0.333. The molecule has 142 valence electrons. The quantitative estimate of drug-likeness (QED) is 0.630. The zero-order chi connectivity index (χ0) is 19.1. The number of carbonyl (C=O) groups is 1. The highest BCUT2D eigenvalue weighted by Gasteiger charge is 2.21. The van der Waals surface area contributed by atoms with Gasteiger partial charge in [0.05, 0.1) is 13.1 Å². The van der Waals surface area contributed by atoms with Gasteiger partial charge in [-0.05, 0) is 49.1 Å². The van der Waals surface area contributed by atoms with Crippen molar-refractivity contribution in [3.63, 3.8) is 0 Å². The molecule has 2 aromatic carbocycles. The number of rotatable bonds is 5. The molecule has 0 saturated heterocycles. The maximum atomic E-state index is 13.0. The third-order valence-electron chi connectivity index (χ3n) is 4.50. The van der Waals surface area contributed by atoms with Gasteiger partial charge in [-0.2, -0.15) is 0 Å². The normalized spacial score (nSPS) is 13.9. The predicted octanol–water partition coefficient (Wildman–Crippen LogP) is 2.86. The third-order valence-corrected chi connectivity index (χ3v) is 4.50. The molecule has 2 aromatic rings. The summed E-state index contributed by atoms with van der Waals surface area (Å²) in [6.07, 6.45) is 1.98. The number of fused-ring (bicyclic) bond motifs is 1. The number of halogens is 1. The molecule has 1 heterocycles. The monoisotopic (exact) mass is 368 g/mol. The first kappa shape index (κ1) is 18.9. The van der Waals surface area contributed by atoms with Crippen LogP contribution in [0.3, 0.4) is 0 Å². The fourth-order valence-electron chi connectivity index (χ4n) is 3.15. The standard InChI is InChI=1S/C21H25FN4O/c1-2-23-21(24-14-16-9-11-18(22)12-10-16)25-15-20(27)26-13-5-7-17-6-3-4-8-19(17)26/h3-4,6,8-12H,2,5,7,13-15H2,1H3,(H2,23,24,25). The van der Waals surface area contributed by atoms with E-state index in [9.17, 15) is 9.18 Å². The summed E-state index contributed by atoms with van der Waals surface area (Å²) >= 11 is 0. The summed E-state index contributed by atoms with van der Waals surface area (Å²) < 4.78 is 13.0. The van der Waals surface area contributed by atoms with Crippen LogP contribution in [0.4, 0.5) is 10.1 Å². The number of guanidine groups is 1. The lowest BCUT2D eigenvalue weighted by Gasteiger charge is -2.29. The molecule has 27 heavy (non-hydrogen) atoms. The van der Waals surface area contributed by atoms with Gasteiger partial charge in [0.1, 0.15) is 5.82 Å². The molecule has 0 bridgehead atoms. The number of benzene rings is 2. The van der Waals surface area contributed by atoms with Crippen LogP contribution < -0.4 is 15.5 Å². The van der Waals surface area contributed by atoms with E-state index in [0.29, 0.717) is 19.0 Å². The van der Waals surface area contributed by atoms with Crippen molar-refractivity contribution in [3.05, 3.63) is 65.5 Å². The first-order chi connectivity index (χ1) is 13.2. The third kappa shape index (κ3) is 5.06. The molecule has 0 atom stereocenters. The van der Waals surface area contributed by atoms with Gasteiger partial charge in [-0.25, -0.2) is 9.38 Å². The van der Waals surface area contributed by atoms with Crippen molar-refractivity contribution in [2.75, 3.05) is 24.5 Å². The second kappa shape index (κ2) is 9.16. The smallest absolute Gasteiger partial charge is 0.246 e. The number of hydrogen-bond acceptors (Lipinski definition) is 2. The van der Waals surface area contributed by atoms with Crippen molar-refractivity contribution in [2.24, 2.45) is 4.99 Å². The molecule has 0 aliphatic carbocycles. The Bertz CT molecular complexity index is 804. The highest BCUT2D eigenvalue weighted by Crippen LogP contribution is 2.26. The largest absolute Gasteiger partial charge is 0.357 e.